The third-order valence-corrected chi connectivity index (χ3v) is 16.6. The van der Waals surface area contributed by atoms with E-state index in [9.17, 15) is 19.5 Å². The van der Waals surface area contributed by atoms with Gasteiger partial charge in [-0.05, 0) is 89.9 Å². The molecule has 89 heavy (non-hydrogen) atoms. The molecule has 0 radical (unpaired) electrons. The SMILES string of the molecule is CC/C=C\C/C=C\C/C=C\C/C=C\CCCCCCCCCCCCCCCCCCCCCCCCCCC(=O)OC(COC(=O)CCCCCCCCCCCCCC/C=C\C/C=C\C/C=C\CCCCCCC)COC(OCC[N+](C)(C)C)C(=O)[O-]. The summed E-state index contributed by atoms with van der Waals surface area (Å²) >= 11 is 0. The minimum absolute atomic E-state index is 0.147. The van der Waals surface area contributed by atoms with Gasteiger partial charge in [-0.15, -0.1) is 0 Å². The van der Waals surface area contributed by atoms with Gasteiger partial charge in [0.25, 0.3) is 0 Å². The second kappa shape index (κ2) is 70.3. The van der Waals surface area contributed by atoms with Crippen molar-refractivity contribution in [2.75, 3.05) is 47.5 Å². The number of carbonyl (C=O) groups is 3. The second-order valence-corrected chi connectivity index (χ2v) is 26.6. The number of ether oxygens (including phenoxy) is 4. The van der Waals surface area contributed by atoms with Crippen molar-refractivity contribution < 1.29 is 42.9 Å². The predicted octanol–water partition coefficient (Wildman–Crippen LogP) is 22.5. The molecule has 9 nitrogen and oxygen atoms in total. The van der Waals surface area contributed by atoms with Gasteiger partial charge >= 0.3 is 11.9 Å². The quantitative estimate of drug-likeness (QED) is 0.0195. The Morgan fingerprint density at radius 3 is 0.955 bits per heavy atom. The molecular weight excluding hydrogens is 1100 g/mol. The van der Waals surface area contributed by atoms with Crippen molar-refractivity contribution in [1.82, 2.24) is 0 Å². The maximum absolute atomic E-state index is 13.0. The summed E-state index contributed by atoms with van der Waals surface area (Å²) in [4.78, 5) is 37.6. The number of carboxylic acids is 1. The Kier molecular flexibility index (Phi) is 67.6. The Labute approximate surface area is 550 Å². The normalized spacial score (nSPS) is 13.1. The summed E-state index contributed by atoms with van der Waals surface area (Å²) in [6.07, 6.45) is 92.6. The van der Waals surface area contributed by atoms with Gasteiger partial charge in [0.1, 0.15) is 13.2 Å². The maximum atomic E-state index is 13.0. The van der Waals surface area contributed by atoms with Crippen LogP contribution in [0.5, 0.6) is 0 Å². The molecule has 0 spiro atoms. The van der Waals surface area contributed by atoms with Gasteiger partial charge in [-0.3, -0.25) is 9.59 Å². The van der Waals surface area contributed by atoms with Crippen molar-refractivity contribution in [3.05, 3.63) is 85.1 Å². The van der Waals surface area contributed by atoms with Crippen LogP contribution in [0.25, 0.3) is 0 Å². The van der Waals surface area contributed by atoms with E-state index in [4.69, 9.17) is 18.9 Å². The Bertz CT molecular complexity index is 1740. The number of nitrogens with zero attached hydrogens (tertiary/aromatic N) is 1. The van der Waals surface area contributed by atoms with Crippen molar-refractivity contribution >= 4 is 17.9 Å². The van der Waals surface area contributed by atoms with E-state index < -0.39 is 24.3 Å². The fraction of sp³-hybridized carbons (Fsp3) is 0.787. The van der Waals surface area contributed by atoms with Gasteiger partial charge in [0.15, 0.2) is 12.4 Å². The summed E-state index contributed by atoms with van der Waals surface area (Å²) in [7, 11) is 5.94. The molecule has 0 bridgehead atoms. The zero-order valence-electron chi connectivity index (χ0n) is 59.0. The number of hydrogen-bond donors (Lipinski definition) is 0. The van der Waals surface area contributed by atoms with Crippen molar-refractivity contribution in [1.29, 1.82) is 0 Å². The van der Waals surface area contributed by atoms with E-state index in [0.717, 1.165) is 70.6 Å². The van der Waals surface area contributed by atoms with Crippen LogP contribution in [-0.2, 0) is 33.3 Å². The highest BCUT2D eigenvalue weighted by Gasteiger charge is 2.22. The number of likely N-dealkylation sites (N-methyl/N-ethyl adjacent to an activating group) is 1. The van der Waals surface area contributed by atoms with Crippen LogP contribution in [0.15, 0.2) is 85.1 Å². The standard InChI is InChI=1S/C80H143NO8/c1-6-8-10-12-14-16-18-20-22-24-26-28-30-32-34-35-36-37-38-39-40-41-42-43-45-47-49-51-53-55-57-59-61-63-65-67-69-71-78(83)89-76(75-88-80(79(84)85)86-73-72-81(3,4)5)74-87-77(82)70-68-66-64-62-60-58-56-54-52-50-48-46-44-33-31-29-27-25-23-21-19-17-15-13-11-9-7-2/h8,10,14,16,19-22,25-28,31,33,76,80H,6-7,9,11-13,15,17-18,23-24,29-30,32,34-75H2,1-5H3/b10-8-,16-14-,21-19-,22-20-,27-25-,28-26-,33-31-. The van der Waals surface area contributed by atoms with Gasteiger partial charge in [0.05, 0.1) is 40.3 Å². The lowest BCUT2D eigenvalue weighted by Gasteiger charge is -2.26. The van der Waals surface area contributed by atoms with Crippen LogP contribution < -0.4 is 5.11 Å². The smallest absolute Gasteiger partial charge is 0.306 e. The zero-order valence-corrected chi connectivity index (χ0v) is 59.0. The number of unbranched alkanes of at least 4 members (excludes halogenated alkanes) is 41. The summed E-state index contributed by atoms with van der Waals surface area (Å²) in [5.41, 5.74) is 0. The zero-order chi connectivity index (χ0) is 64.7. The Morgan fingerprint density at radius 1 is 0.348 bits per heavy atom. The van der Waals surface area contributed by atoms with Crippen LogP contribution in [-0.4, -0.2) is 82.3 Å². The van der Waals surface area contributed by atoms with E-state index in [-0.39, 0.29) is 32.2 Å². The number of quaternary nitrogens is 1. The third kappa shape index (κ3) is 71.8. The lowest BCUT2D eigenvalue weighted by atomic mass is 10.0. The van der Waals surface area contributed by atoms with Crippen molar-refractivity contribution in [2.45, 2.75) is 360 Å². The summed E-state index contributed by atoms with van der Waals surface area (Å²) < 4.78 is 22.8. The van der Waals surface area contributed by atoms with Gasteiger partial charge < -0.3 is 33.3 Å². The monoisotopic (exact) mass is 1250 g/mol. The lowest BCUT2D eigenvalue weighted by molar-refractivity contribution is -0.870. The first-order chi connectivity index (χ1) is 43.6. The van der Waals surface area contributed by atoms with Crippen LogP contribution in [0.4, 0.5) is 0 Å². The first kappa shape index (κ1) is 85.5. The minimum Gasteiger partial charge on any atom is -0.545 e. The number of carbonyl (C=O) groups excluding carboxylic acids is 3. The van der Waals surface area contributed by atoms with E-state index in [1.54, 1.807) is 0 Å². The summed E-state index contributed by atoms with van der Waals surface area (Å²) in [5.74, 6) is -2.27. The molecule has 0 aromatic carbocycles. The van der Waals surface area contributed by atoms with E-state index in [1.165, 1.54) is 244 Å². The summed E-state index contributed by atoms with van der Waals surface area (Å²) in [6, 6.07) is 0. The van der Waals surface area contributed by atoms with Crippen LogP contribution in [0, 0.1) is 0 Å². The molecule has 0 aromatic heterocycles. The highest BCUT2D eigenvalue weighted by Crippen LogP contribution is 2.19. The fourth-order valence-electron chi connectivity index (χ4n) is 10.9. The number of aliphatic carboxylic acids is 1. The van der Waals surface area contributed by atoms with Crippen molar-refractivity contribution in [3.8, 4) is 0 Å². The Morgan fingerprint density at radius 2 is 0.640 bits per heavy atom. The number of rotatable bonds is 70. The molecular formula is C80H143NO8. The van der Waals surface area contributed by atoms with Crippen LogP contribution >= 0.6 is 0 Å². The van der Waals surface area contributed by atoms with Crippen molar-refractivity contribution in [2.24, 2.45) is 0 Å². The summed E-state index contributed by atoms with van der Waals surface area (Å²) in [5, 5.41) is 11.8. The van der Waals surface area contributed by atoms with Gasteiger partial charge in [-0.1, -0.05) is 330 Å². The molecule has 0 fully saturated rings. The molecule has 0 saturated heterocycles. The predicted molar refractivity (Wildman–Crippen MR) is 380 cm³/mol. The maximum Gasteiger partial charge on any atom is 0.306 e. The van der Waals surface area contributed by atoms with E-state index in [0.29, 0.717) is 23.9 Å². The minimum atomic E-state index is -1.62. The topological polar surface area (TPSA) is 111 Å². The van der Waals surface area contributed by atoms with E-state index >= 15 is 0 Å². The second-order valence-electron chi connectivity index (χ2n) is 26.6. The first-order valence-electron chi connectivity index (χ1n) is 37.7. The third-order valence-electron chi connectivity index (χ3n) is 16.6. The average molecular weight is 1250 g/mol. The average Bonchev–Trinajstić information content (AvgIpc) is 3.70. The Balaban J connectivity index is 4.02. The molecule has 0 saturated carbocycles. The number of esters is 2. The highest BCUT2D eigenvalue weighted by atomic mass is 16.7. The molecule has 0 aromatic rings. The molecule has 0 aliphatic carbocycles. The molecule has 516 valence electrons. The molecule has 0 aliphatic heterocycles. The van der Waals surface area contributed by atoms with Gasteiger partial charge in [-0.2, -0.15) is 0 Å². The number of allylic oxidation sites excluding steroid dienone is 14. The first-order valence-corrected chi connectivity index (χ1v) is 37.7. The highest BCUT2D eigenvalue weighted by molar-refractivity contribution is 5.70. The molecule has 2 atom stereocenters. The van der Waals surface area contributed by atoms with Crippen molar-refractivity contribution in [3.63, 3.8) is 0 Å². The molecule has 0 rings (SSSR count). The molecule has 2 unspecified atom stereocenters. The van der Waals surface area contributed by atoms with E-state index in [1.807, 2.05) is 21.1 Å². The molecule has 0 N–H and O–H groups in total. The Hall–Kier alpha value is -3.53. The van der Waals surface area contributed by atoms with Gasteiger partial charge in [0, 0.05) is 12.8 Å². The van der Waals surface area contributed by atoms with Gasteiger partial charge in [0.2, 0.25) is 0 Å². The van der Waals surface area contributed by atoms with Crippen LogP contribution in [0.3, 0.4) is 0 Å². The lowest BCUT2D eigenvalue weighted by Crippen LogP contribution is -2.44. The largest absolute Gasteiger partial charge is 0.545 e. The number of hydrogen-bond acceptors (Lipinski definition) is 8. The fourth-order valence-corrected chi connectivity index (χ4v) is 10.9. The van der Waals surface area contributed by atoms with Gasteiger partial charge in [-0.25, -0.2) is 0 Å². The van der Waals surface area contributed by atoms with Crippen LogP contribution in [0.1, 0.15) is 348 Å². The number of carboxylic acid groups (broad SMARTS) is 1. The summed E-state index contributed by atoms with van der Waals surface area (Å²) in [6.45, 7) is 4.67. The molecule has 9 heteroatoms. The molecule has 0 heterocycles. The van der Waals surface area contributed by atoms with E-state index in [2.05, 4.69) is 98.9 Å². The van der Waals surface area contributed by atoms with Crippen LogP contribution in [0.2, 0.25) is 0 Å². The molecule has 0 aliphatic rings. The molecule has 0 amide bonds.